The molecule has 0 nitrogen and oxygen atoms in total. The largest absolute Gasteiger partial charge is 0.416 e. The summed E-state index contributed by atoms with van der Waals surface area (Å²) in [5, 5.41) is 0. The molecule has 0 atom stereocenters. The molecule has 3 aromatic rings. The number of hydrogen-bond donors (Lipinski definition) is 0. The van der Waals surface area contributed by atoms with Crippen LogP contribution < -0.4 is 0 Å². The fraction of sp³-hybridized carbons (Fsp3) is 0.182. The molecule has 0 radical (unpaired) electrons. The van der Waals surface area contributed by atoms with E-state index < -0.39 is 16.6 Å². The number of hydrogen-bond acceptors (Lipinski definition) is 0. The van der Waals surface area contributed by atoms with Crippen LogP contribution in [0.3, 0.4) is 0 Å². The van der Waals surface area contributed by atoms with Crippen molar-refractivity contribution in [2.45, 2.75) is 23.9 Å². The van der Waals surface area contributed by atoms with Crippen LogP contribution in [-0.4, -0.2) is 0 Å². The summed E-state index contributed by atoms with van der Waals surface area (Å²) < 4.78 is 38.9. The summed E-state index contributed by atoms with van der Waals surface area (Å²) in [6.07, 6.45) is -2.66. The number of aryl methyl sites for hydroxylation is 2. The van der Waals surface area contributed by atoms with Gasteiger partial charge in [0.25, 0.3) is 0 Å². The average Bonchev–Trinajstić information content (AvgIpc) is 2.78. The maximum Gasteiger partial charge on any atom is 0.416 e. The van der Waals surface area contributed by atoms with Crippen molar-refractivity contribution < 1.29 is 13.2 Å². The number of benzene rings is 3. The van der Waals surface area contributed by atoms with Crippen LogP contribution in [0.25, 0.3) is 0 Å². The monoisotopic (exact) mass is 372 g/mol. The Morgan fingerprint density at radius 1 is 0.692 bits per heavy atom. The quantitative estimate of drug-likeness (QED) is 0.437. The van der Waals surface area contributed by atoms with Gasteiger partial charge in [0.05, 0.1) is 5.56 Å². The van der Waals surface area contributed by atoms with Gasteiger partial charge in [0.15, 0.2) is 0 Å². The maximum atomic E-state index is 13.0. The molecule has 4 rings (SSSR count). The Bertz CT molecular complexity index is 895. The molecule has 4 heteroatoms. The van der Waals surface area contributed by atoms with Crippen molar-refractivity contribution in [1.82, 2.24) is 0 Å². The zero-order valence-corrected chi connectivity index (χ0v) is 14.6. The summed E-state index contributed by atoms with van der Waals surface area (Å²) in [5.41, 5.74) is 4.10. The summed E-state index contributed by atoms with van der Waals surface area (Å²) in [4.78, 5) is -1.01. The molecule has 0 unspecified atom stereocenters. The topological polar surface area (TPSA) is 0 Å². The van der Waals surface area contributed by atoms with Gasteiger partial charge >= 0.3 is 6.18 Å². The minimum atomic E-state index is -4.36. The van der Waals surface area contributed by atoms with E-state index in [1.165, 1.54) is 12.1 Å². The second kappa shape index (κ2) is 6.17. The molecule has 0 bridgehead atoms. The van der Waals surface area contributed by atoms with Crippen LogP contribution in [0.15, 0.2) is 72.8 Å². The van der Waals surface area contributed by atoms with E-state index in [1.54, 1.807) is 0 Å². The second-order valence-corrected chi connectivity index (χ2v) is 7.11. The van der Waals surface area contributed by atoms with Gasteiger partial charge in [-0.05, 0) is 52.8 Å². The molecule has 0 spiro atoms. The molecular weight excluding hydrogens is 357 g/mol. The summed E-state index contributed by atoms with van der Waals surface area (Å²) in [6, 6.07) is 21.0. The molecule has 0 saturated heterocycles. The minimum absolute atomic E-state index is 0.647. The van der Waals surface area contributed by atoms with Gasteiger partial charge in [-0.15, -0.1) is 11.6 Å². The highest BCUT2D eigenvalue weighted by Crippen LogP contribution is 2.48. The lowest BCUT2D eigenvalue weighted by atomic mass is 9.81. The van der Waals surface area contributed by atoms with E-state index in [-0.39, 0.29) is 0 Å². The Morgan fingerprint density at radius 3 is 1.62 bits per heavy atom. The van der Waals surface area contributed by atoms with Crippen LogP contribution in [0.4, 0.5) is 13.2 Å². The molecule has 1 aliphatic rings. The second-order valence-electron chi connectivity index (χ2n) is 6.55. The first-order chi connectivity index (χ1) is 12.4. The molecule has 0 N–H and O–H groups in total. The molecule has 0 saturated carbocycles. The van der Waals surface area contributed by atoms with Crippen LogP contribution in [0.5, 0.6) is 0 Å². The third-order valence-corrected chi connectivity index (χ3v) is 5.68. The molecular formula is C22H16ClF3. The zero-order chi connectivity index (χ0) is 18.4. The Morgan fingerprint density at radius 2 is 1.15 bits per heavy atom. The molecule has 1 aliphatic carbocycles. The maximum absolute atomic E-state index is 13.0. The van der Waals surface area contributed by atoms with E-state index in [4.69, 9.17) is 11.6 Å². The first kappa shape index (κ1) is 17.2. The number of alkyl halides is 4. The van der Waals surface area contributed by atoms with E-state index in [2.05, 4.69) is 0 Å². The van der Waals surface area contributed by atoms with Gasteiger partial charge in [0.2, 0.25) is 0 Å². The lowest BCUT2D eigenvalue weighted by Gasteiger charge is -2.31. The molecule has 26 heavy (non-hydrogen) atoms. The van der Waals surface area contributed by atoms with Gasteiger partial charge in [-0.2, -0.15) is 13.2 Å². The summed E-state index contributed by atoms with van der Waals surface area (Å²) in [6.45, 7) is 0. The van der Waals surface area contributed by atoms with Gasteiger partial charge in [-0.25, -0.2) is 0 Å². The van der Waals surface area contributed by atoms with Crippen molar-refractivity contribution in [2.75, 3.05) is 0 Å². The highest BCUT2D eigenvalue weighted by atomic mass is 35.5. The number of halogens is 4. The number of fused-ring (bicyclic) bond motifs is 2. The summed E-state index contributed by atoms with van der Waals surface area (Å²) in [7, 11) is 0. The van der Waals surface area contributed by atoms with Crippen LogP contribution in [0.2, 0.25) is 0 Å². The van der Waals surface area contributed by atoms with Crippen molar-refractivity contribution >= 4 is 11.6 Å². The van der Waals surface area contributed by atoms with E-state index >= 15 is 0 Å². The number of rotatable bonds is 1. The normalized spacial score (nSPS) is 15.7. The zero-order valence-electron chi connectivity index (χ0n) is 13.9. The molecule has 3 aromatic carbocycles. The van der Waals surface area contributed by atoms with Crippen LogP contribution >= 0.6 is 11.6 Å². The average molecular weight is 373 g/mol. The molecule has 0 amide bonds. The molecule has 0 fully saturated rings. The third-order valence-electron chi connectivity index (χ3n) is 5.05. The van der Waals surface area contributed by atoms with E-state index in [0.29, 0.717) is 5.56 Å². The van der Waals surface area contributed by atoms with Crippen molar-refractivity contribution in [3.05, 3.63) is 106 Å². The molecule has 132 valence electrons. The molecule has 0 aliphatic heterocycles. The highest BCUT2D eigenvalue weighted by molar-refractivity contribution is 6.28. The van der Waals surface area contributed by atoms with Gasteiger partial charge < -0.3 is 0 Å². The van der Waals surface area contributed by atoms with Gasteiger partial charge in [0.1, 0.15) is 4.87 Å². The predicted octanol–water partition coefficient (Wildman–Crippen LogP) is 6.33. The standard InChI is InChI=1S/C22H16ClF3/c23-21(17-11-13-18(14-12-17)22(24,25)26)19-7-3-1-5-15(19)9-10-16-6-2-4-8-20(16)21/h1-8,11-14H,9-10H2. The summed E-state index contributed by atoms with van der Waals surface area (Å²) >= 11 is 7.25. The Balaban J connectivity index is 1.96. The smallest absolute Gasteiger partial charge is 0.166 e. The Kier molecular flexibility index (Phi) is 4.07. The molecule has 0 heterocycles. The fourth-order valence-corrected chi connectivity index (χ4v) is 4.26. The van der Waals surface area contributed by atoms with E-state index in [9.17, 15) is 13.2 Å². The SMILES string of the molecule is FC(F)(F)c1ccc(C2(Cl)c3ccccc3CCc3ccccc32)cc1. The fourth-order valence-electron chi connectivity index (χ4n) is 3.76. The van der Waals surface area contributed by atoms with Crippen LogP contribution in [0, 0.1) is 0 Å². The van der Waals surface area contributed by atoms with Gasteiger partial charge in [-0.3, -0.25) is 0 Å². The lowest BCUT2D eigenvalue weighted by Crippen LogP contribution is -2.24. The van der Waals surface area contributed by atoms with Crippen molar-refractivity contribution in [3.63, 3.8) is 0 Å². The van der Waals surface area contributed by atoms with Crippen molar-refractivity contribution in [1.29, 1.82) is 0 Å². The summed E-state index contributed by atoms with van der Waals surface area (Å²) in [5.74, 6) is 0. The first-order valence-electron chi connectivity index (χ1n) is 8.44. The lowest BCUT2D eigenvalue weighted by molar-refractivity contribution is -0.137. The highest BCUT2D eigenvalue weighted by Gasteiger charge is 2.39. The van der Waals surface area contributed by atoms with E-state index in [1.807, 2.05) is 48.5 Å². The van der Waals surface area contributed by atoms with E-state index in [0.717, 1.165) is 47.2 Å². The van der Waals surface area contributed by atoms with Crippen LogP contribution in [0.1, 0.15) is 33.4 Å². The van der Waals surface area contributed by atoms with Crippen molar-refractivity contribution in [2.24, 2.45) is 0 Å². The minimum Gasteiger partial charge on any atom is -0.166 e. The van der Waals surface area contributed by atoms with Crippen molar-refractivity contribution in [3.8, 4) is 0 Å². The molecule has 0 aromatic heterocycles. The first-order valence-corrected chi connectivity index (χ1v) is 8.82. The van der Waals surface area contributed by atoms with Crippen LogP contribution in [-0.2, 0) is 23.9 Å². The Hall–Kier alpha value is -2.26. The van der Waals surface area contributed by atoms with Gasteiger partial charge in [0, 0.05) is 0 Å². The van der Waals surface area contributed by atoms with Gasteiger partial charge in [-0.1, -0.05) is 60.7 Å². The third kappa shape index (κ3) is 2.71. The predicted molar refractivity (Wildman–Crippen MR) is 97.5 cm³/mol. The Labute approximate surface area is 155 Å².